The normalized spacial score (nSPS) is 20.9. The zero-order valence-corrected chi connectivity index (χ0v) is 16.1. The van der Waals surface area contributed by atoms with E-state index in [-0.39, 0.29) is 21.0 Å². The lowest BCUT2D eigenvalue weighted by Gasteiger charge is -2.32. The molecule has 11 heteroatoms. The van der Waals surface area contributed by atoms with Gasteiger partial charge in [0.2, 0.25) is 10.0 Å². The number of fused-ring (bicyclic) bond motifs is 1. The van der Waals surface area contributed by atoms with E-state index in [2.05, 4.69) is 5.32 Å². The lowest BCUT2D eigenvalue weighted by Crippen LogP contribution is -2.44. The van der Waals surface area contributed by atoms with Crippen molar-refractivity contribution in [2.24, 2.45) is 5.14 Å². The highest BCUT2D eigenvalue weighted by Gasteiger charge is 2.39. The molecule has 0 aliphatic carbocycles. The molecule has 3 N–H and O–H groups in total. The summed E-state index contributed by atoms with van der Waals surface area (Å²) in [6.45, 7) is 3.75. The van der Waals surface area contributed by atoms with E-state index in [1.54, 1.807) is 7.11 Å². The summed E-state index contributed by atoms with van der Waals surface area (Å²) in [5.74, 6) is 0. The Morgan fingerprint density at radius 2 is 2.21 bits per heavy atom. The minimum Gasteiger partial charge on any atom is -0.385 e. The summed E-state index contributed by atoms with van der Waals surface area (Å²) < 4.78 is 55.1. The minimum atomic E-state index is -3.94. The molecule has 138 valence electrons. The first-order valence-corrected chi connectivity index (χ1v) is 11.4. The third-order valence-corrected chi connectivity index (χ3v) is 8.68. The maximum absolute atomic E-state index is 12.8. The van der Waals surface area contributed by atoms with E-state index in [0.29, 0.717) is 43.0 Å². The smallest absolute Gasteiger partial charge is 0.252 e. The van der Waals surface area contributed by atoms with Gasteiger partial charge in [-0.05, 0) is 25.5 Å². The highest BCUT2D eigenvalue weighted by atomic mass is 32.3. The lowest BCUT2D eigenvalue weighted by atomic mass is 10.1. The van der Waals surface area contributed by atoms with Crippen LogP contribution in [-0.4, -0.2) is 54.5 Å². The second kappa shape index (κ2) is 7.77. The maximum atomic E-state index is 12.8. The standard InChI is InChI=1S/C13H23N3O5S3/c1-3-5-15-11-9-16(6-4-7-21-2)24(19,20)13-10(11)8-12(22-13)23(14,17)18/h8,11,15H,3-7,9H2,1-2H3,(H2,14,17,18)/t11-/m0/s1. The van der Waals surface area contributed by atoms with Crippen molar-refractivity contribution in [1.29, 1.82) is 0 Å². The van der Waals surface area contributed by atoms with Crippen LogP contribution in [0.15, 0.2) is 14.5 Å². The summed E-state index contributed by atoms with van der Waals surface area (Å²) in [4.78, 5) is 0. The van der Waals surface area contributed by atoms with Crippen LogP contribution in [0, 0.1) is 0 Å². The van der Waals surface area contributed by atoms with Crippen LogP contribution in [0.5, 0.6) is 0 Å². The molecule has 0 unspecified atom stereocenters. The molecule has 0 amide bonds. The summed E-state index contributed by atoms with van der Waals surface area (Å²) in [6.07, 6.45) is 1.45. The summed E-state index contributed by atoms with van der Waals surface area (Å²) in [7, 11) is -6.10. The fourth-order valence-electron chi connectivity index (χ4n) is 2.56. The van der Waals surface area contributed by atoms with Crippen molar-refractivity contribution in [3.63, 3.8) is 0 Å². The van der Waals surface area contributed by atoms with Crippen molar-refractivity contribution in [2.45, 2.75) is 34.2 Å². The molecule has 0 saturated heterocycles. The first-order valence-electron chi connectivity index (χ1n) is 7.60. The zero-order valence-electron chi connectivity index (χ0n) is 13.7. The van der Waals surface area contributed by atoms with Crippen LogP contribution < -0.4 is 10.5 Å². The van der Waals surface area contributed by atoms with Crippen LogP contribution in [0.1, 0.15) is 31.4 Å². The first kappa shape index (κ1) is 19.8. The molecule has 2 heterocycles. The zero-order chi connectivity index (χ0) is 18.0. The van der Waals surface area contributed by atoms with Crippen molar-refractivity contribution in [1.82, 2.24) is 9.62 Å². The van der Waals surface area contributed by atoms with E-state index in [4.69, 9.17) is 9.88 Å². The molecule has 1 aliphatic heterocycles. The summed E-state index contributed by atoms with van der Waals surface area (Å²) >= 11 is 0.716. The van der Waals surface area contributed by atoms with Crippen molar-refractivity contribution in [2.75, 3.05) is 33.4 Å². The van der Waals surface area contributed by atoms with E-state index < -0.39 is 20.0 Å². The molecule has 0 saturated carbocycles. The fraction of sp³-hybridized carbons (Fsp3) is 0.692. The van der Waals surface area contributed by atoms with Gasteiger partial charge >= 0.3 is 0 Å². The summed E-state index contributed by atoms with van der Waals surface area (Å²) in [5, 5.41) is 8.46. The molecule has 1 aromatic heterocycles. The van der Waals surface area contributed by atoms with Crippen molar-refractivity contribution in [3.05, 3.63) is 11.6 Å². The van der Waals surface area contributed by atoms with Crippen LogP contribution in [0.2, 0.25) is 0 Å². The number of sulfonamides is 2. The molecule has 0 spiro atoms. The van der Waals surface area contributed by atoms with Crippen molar-refractivity contribution in [3.8, 4) is 0 Å². The number of nitrogens with one attached hydrogen (secondary N) is 1. The van der Waals surface area contributed by atoms with Gasteiger partial charge in [-0.2, -0.15) is 4.31 Å². The monoisotopic (exact) mass is 397 g/mol. The molecular formula is C13H23N3O5S3. The van der Waals surface area contributed by atoms with Gasteiger partial charge in [0.15, 0.2) is 0 Å². The predicted molar refractivity (Wildman–Crippen MR) is 92.0 cm³/mol. The molecule has 1 atom stereocenters. The Morgan fingerprint density at radius 1 is 1.50 bits per heavy atom. The molecule has 24 heavy (non-hydrogen) atoms. The fourth-order valence-corrected chi connectivity index (χ4v) is 6.86. The van der Waals surface area contributed by atoms with Gasteiger partial charge in [0.1, 0.15) is 8.42 Å². The molecule has 0 bridgehead atoms. The lowest BCUT2D eigenvalue weighted by molar-refractivity contribution is 0.185. The van der Waals surface area contributed by atoms with Crippen LogP contribution >= 0.6 is 11.3 Å². The third-order valence-electron chi connectivity index (χ3n) is 3.72. The van der Waals surface area contributed by atoms with Gasteiger partial charge in [-0.1, -0.05) is 6.92 Å². The second-order valence-electron chi connectivity index (χ2n) is 5.57. The highest BCUT2D eigenvalue weighted by molar-refractivity contribution is 7.94. The van der Waals surface area contributed by atoms with Gasteiger partial charge in [0.25, 0.3) is 10.0 Å². The van der Waals surface area contributed by atoms with Gasteiger partial charge in [-0.15, -0.1) is 11.3 Å². The van der Waals surface area contributed by atoms with Crippen molar-refractivity contribution < 1.29 is 21.6 Å². The average Bonchev–Trinajstić information content (AvgIpc) is 2.95. The van der Waals surface area contributed by atoms with E-state index in [0.717, 1.165) is 6.42 Å². The number of ether oxygens (including phenoxy) is 1. The van der Waals surface area contributed by atoms with Gasteiger partial charge in [-0.3, -0.25) is 0 Å². The third kappa shape index (κ3) is 4.15. The number of nitrogens with zero attached hydrogens (tertiary/aromatic N) is 1. The molecular weight excluding hydrogens is 374 g/mol. The predicted octanol–water partition coefficient (Wildman–Crippen LogP) is 0.477. The Morgan fingerprint density at radius 3 is 2.79 bits per heavy atom. The van der Waals surface area contributed by atoms with E-state index in [1.807, 2.05) is 6.92 Å². The van der Waals surface area contributed by atoms with Crippen LogP contribution in [0.3, 0.4) is 0 Å². The van der Waals surface area contributed by atoms with Gasteiger partial charge < -0.3 is 10.1 Å². The summed E-state index contributed by atoms with van der Waals surface area (Å²) in [6, 6.07) is 1.13. The molecule has 8 nitrogen and oxygen atoms in total. The quantitative estimate of drug-likeness (QED) is 0.616. The topological polar surface area (TPSA) is 119 Å². The molecule has 0 fully saturated rings. The number of hydrogen-bond donors (Lipinski definition) is 2. The van der Waals surface area contributed by atoms with Gasteiger partial charge in [0.05, 0.1) is 0 Å². The molecule has 1 aromatic rings. The molecule has 2 rings (SSSR count). The van der Waals surface area contributed by atoms with E-state index in [9.17, 15) is 16.8 Å². The summed E-state index contributed by atoms with van der Waals surface area (Å²) in [5.41, 5.74) is 0.487. The average molecular weight is 398 g/mol. The largest absolute Gasteiger partial charge is 0.385 e. The minimum absolute atomic E-state index is 0.0591. The number of hydrogen-bond acceptors (Lipinski definition) is 7. The van der Waals surface area contributed by atoms with Gasteiger partial charge in [-0.25, -0.2) is 22.0 Å². The molecule has 1 aliphatic rings. The highest BCUT2D eigenvalue weighted by Crippen LogP contribution is 2.39. The van der Waals surface area contributed by atoms with E-state index in [1.165, 1.54) is 10.4 Å². The van der Waals surface area contributed by atoms with Gasteiger partial charge in [0, 0.05) is 38.4 Å². The van der Waals surface area contributed by atoms with Crippen LogP contribution in [-0.2, 0) is 24.8 Å². The molecule has 0 aromatic carbocycles. The SMILES string of the molecule is CCCN[C@H]1CN(CCCOC)S(=O)(=O)c2sc(S(N)(=O)=O)cc21. The Balaban J connectivity index is 2.42. The maximum Gasteiger partial charge on any atom is 0.252 e. The van der Waals surface area contributed by atoms with Crippen molar-refractivity contribution >= 4 is 31.4 Å². The number of thiophene rings is 1. The van der Waals surface area contributed by atoms with Crippen LogP contribution in [0.25, 0.3) is 0 Å². The number of methoxy groups -OCH3 is 1. The Hall–Kier alpha value is -0.560. The number of primary sulfonamides is 1. The Bertz CT molecular complexity index is 773. The Labute approximate surface area is 147 Å². The first-order chi connectivity index (χ1) is 11.2. The molecule has 0 radical (unpaired) electrons. The number of rotatable bonds is 8. The van der Waals surface area contributed by atoms with Crippen LogP contribution in [0.4, 0.5) is 0 Å². The van der Waals surface area contributed by atoms with E-state index >= 15 is 0 Å². The number of nitrogens with two attached hydrogens (primary N) is 1. The second-order valence-corrected chi connectivity index (χ2v) is 10.5. The Kier molecular flexibility index (Phi) is 6.40.